The van der Waals surface area contributed by atoms with Crippen molar-refractivity contribution in [1.82, 2.24) is 14.8 Å². The number of nitrogens with zero attached hydrogens (tertiary/aromatic N) is 3. The van der Waals surface area contributed by atoms with E-state index in [4.69, 9.17) is 16.3 Å². The topological polar surface area (TPSA) is 69.0 Å². The molecule has 1 aromatic heterocycles. The molecule has 0 saturated carbocycles. The summed E-state index contributed by atoms with van der Waals surface area (Å²) in [6, 6.07) is 12.1. The fourth-order valence-corrected chi connectivity index (χ4v) is 2.31. The van der Waals surface area contributed by atoms with Crippen LogP contribution in [0.25, 0.3) is 5.69 Å². The second kappa shape index (κ2) is 6.50. The Bertz CT molecular complexity index is 817. The number of carbonyl (C=O) groups excluding carboxylic acids is 1. The SMILES string of the molecule is COc1ccc(NC(=O)c2ccc(-n3cncn3)cc2)cc1Cl. The van der Waals surface area contributed by atoms with Crippen molar-refractivity contribution < 1.29 is 9.53 Å². The van der Waals surface area contributed by atoms with Crippen molar-refractivity contribution in [2.75, 3.05) is 12.4 Å². The number of methoxy groups -OCH3 is 1. The molecule has 0 spiro atoms. The van der Waals surface area contributed by atoms with E-state index in [0.29, 0.717) is 22.0 Å². The van der Waals surface area contributed by atoms with E-state index in [1.807, 2.05) is 0 Å². The van der Waals surface area contributed by atoms with Crippen LogP contribution in [0.4, 0.5) is 5.69 Å². The first-order valence-corrected chi connectivity index (χ1v) is 7.15. The molecule has 0 bridgehead atoms. The van der Waals surface area contributed by atoms with Crippen LogP contribution in [0.3, 0.4) is 0 Å². The summed E-state index contributed by atoms with van der Waals surface area (Å²) in [6.07, 6.45) is 3.04. The Balaban J connectivity index is 1.74. The van der Waals surface area contributed by atoms with Crippen molar-refractivity contribution >= 4 is 23.2 Å². The minimum absolute atomic E-state index is 0.226. The van der Waals surface area contributed by atoms with Crippen LogP contribution in [-0.2, 0) is 0 Å². The molecule has 0 aliphatic carbocycles. The molecule has 3 rings (SSSR count). The highest BCUT2D eigenvalue weighted by molar-refractivity contribution is 6.32. The summed E-state index contributed by atoms with van der Waals surface area (Å²) in [5, 5.41) is 7.26. The summed E-state index contributed by atoms with van der Waals surface area (Å²) in [6.45, 7) is 0. The highest BCUT2D eigenvalue weighted by atomic mass is 35.5. The fraction of sp³-hybridized carbons (Fsp3) is 0.0625. The van der Waals surface area contributed by atoms with E-state index in [9.17, 15) is 4.79 Å². The minimum atomic E-state index is -0.226. The summed E-state index contributed by atoms with van der Waals surface area (Å²) < 4.78 is 6.70. The van der Waals surface area contributed by atoms with Crippen LogP contribution >= 0.6 is 11.6 Å². The van der Waals surface area contributed by atoms with Gasteiger partial charge in [0.1, 0.15) is 18.4 Å². The average Bonchev–Trinajstić information content (AvgIpc) is 3.09. The van der Waals surface area contributed by atoms with Gasteiger partial charge in [0.05, 0.1) is 17.8 Å². The van der Waals surface area contributed by atoms with E-state index in [2.05, 4.69) is 15.4 Å². The molecule has 0 atom stereocenters. The van der Waals surface area contributed by atoms with Crippen molar-refractivity contribution in [2.24, 2.45) is 0 Å². The Kier molecular flexibility index (Phi) is 4.25. The Morgan fingerprint density at radius 1 is 1.22 bits per heavy atom. The summed E-state index contributed by atoms with van der Waals surface area (Å²) in [5.74, 6) is 0.332. The van der Waals surface area contributed by atoms with Gasteiger partial charge < -0.3 is 10.1 Å². The number of benzene rings is 2. The monoisotopic (exact) mass is 328 g/mol. The van der Waals surface area contributed by atoms with Gasteiger partial charge in [0.2, 0.25) is 0 Å². The maximum Gasteiger partial charge on any atom is 0.255 e. The quantitative estimate of drug-likeness (QED) is 0.798. The zero-order valence-electron chi connectivity index (χ0n) is 12.2. The zero-order valence-corrected chi connectivity index (χ0v) is 13.0. The van der Waals surface area contributed by atoms with Gasteiger partial charge in [-0.15, -0.1) is 0 Å². The number of aromatic nitrogens is 3. The van der Waals surface area contributed by atoms with E-state index >= 15 is 0 Å². The number of ether oxygens (including phenoxy) is 1. The predicted octanol–water partition coefficient (Wildman–Crippen LogP) is 3.18. The molecular weight excluding hydrogens is 316 g/mol. The van der Waals surface area contributed by atoms with Crippen LogP contribution < -0.4 is 10.1 Å². The molecule has 6 nitrogen and oxygen atoms in total. The molecule has 0 saturated heterocycles. The molecule has 0 aliphatic rings. The summed E-state index contributed by atoms with van der Waals surface area (Å²) in [5.41, 5.74) is 1.95. The molecule has 0 fully saturated rings. The van der Waals surface area contributed by atoms with Crippen LogP contribution in [0.1, 0.15) is 10.4 Å². The Morgan fingerprint density at radius 2 is 2.00 bits per heavy atom. The lowest BCUT2D eigenvalue weighted by atomic mass is 10.2. The molecule has 116 valence electrons. The number of rotatable bonds is 4. The second-order valence-electron chi connectivity index (χ2n) is 4.69. The molecule has 1 N–H and O–H groups in total. The number of hydrogen-bond donors (Lipinski definition) is 1. The number of carbonyl (C=O) groups is 1. The van der Waals surface area contributed by atoms with E-state index in [1.54, 1.807) is 53.5 Å². The van der Waals surface area contributed by atoms with E-state index < -0.39 is 0 Å². The number of amides is 1. The van der Waals surface area contributed by atoms with Gasteiger partial charge in [0, 0.05) is 11.3 Å². The van der Waals surface area contributed by atoms with Crippen LogP contribution in [0.2, 0.25) is 5.02 Å². The zero-order chi connectivity index (χ0) is 16.2. The van der Waals surface area contributed by atoms with Crippen molar-refractivity contribution in [3.8, 4) is 11.4 Å². The van der Waals surface area contributed by atoms with Gasteiger partial charge in [-0.05, 0) is 42.5 Å². The lowest BCUT2D eigenvalue weighted by Gasteiger charge is -2.08. The highest BCUT2D eigenvalue weighted by Crippen LogP contribution is 2.27. The molecular formula is C16H13ClN4O2. The number of anilines is 1. The second-order valence-corrected chi connectivity index (χ2v) is 5.10. The largest absolute Gasteiger partial charge is 0.495 e. The van der Waals surface area contributed by atoms with Crippen LogP contribution in [0.15, 0.2) is 55.1 Å². The van der Waals surface area contributed by atoms with Gasteiger partial charge in [0.25, 0.3) is 5.91 Å². The van der Waals surface area contributed by atoms with Gasteiger partial charge in [-0.2, -0.15) is 5.10 Å². The molecule has 0 aliphatic heterocycles. The van der Waals surface area contributed by atoms with Crippen LogP contribution in [0.5, 0.6) is 5.75 Å². The van der Waals surface area contributed by atoms with Gasteiger partial charge in [0.15, 0.2) is 0 Å². The Labute approximate surface area is 137 Å². The van der Waals surface area contributed by atoms with Gasteiger partial charge in [-0.3, -0.25) is 4.79 Å². The first-order valence-electron chi connectivity index (χ1n) is 6.77. The maximum absolute atomic E-state index is 12.3. The lowest BCUT2D eigenvalue weighted by Crippen LogP contribution is -2.12. The highest BCUT2D eigenvalue weighted by Gasteiger charge is 2.08. The smallest absolute Gasteiger partial charge is 0.255 e. The van der Waals surface area contributed by atoms with Gasteiger partial charge >= 0.3 is 0 Å². The Morgan fingerprint density at radius 3 is 2.61 bits per heavy atom. The minimum Gasteiger partial charge on any atom is -0.495 e. The van der Waals surface area contributed by atoms with Gasteiger partial charge in [-0.25, -0.2) is 9.67 Å². The first kappa shape index (κ1) is 15.1. The van der Waals surface area contributed by atoms with E-state index in [1.165, 1.54) is 13.4 Å². The normalized spacial score (nSPS) is 10.3. The number of nitrogens with one attached hydrogen (secondary N) is 1. The predicted molar refractivity (Wildman–Crippen MR) is 87.3 cm³/mol. The first-order chi connectivity index (χ1) is 11.2. The maximum atomic E-state index is 12.3. The van der Waals surface area contributed by atoms with Crippen LogP contribution in [-0.4, -0.2) is 27.8 Å². The molecule has 0 radical (unpaired) electrons. The number of hydrogen-bond acceptors (Lipinski definition) is 4. The molecule has 1 amide bonds. The van der Waals surface area contributed by atoms with Gasteiger partial charge in [-0.1, -0.05) is 11.6 Å². The van der Waals surface area contributed by atoms with E-state index in [-0.39, 0.29) is 5.91 Å². The van der Waals surface area contributed by atoms with Crippen LogP contribution in [0, 0.1) is 0 Å². The third kappa shape index (κ3) is 3.32. The summed E-state index contributed by atoms with van der Waals surface area (Å²) in [4.78, 5) is 16.1. The fourth-order valence-electron chi connectivity index (χ4n) is 2.05. The third-order valence-electron chi connectivity index (χ3n) is 3.22. The molecule has 3 aromatic rings. The van der Waals surface area contributed by atoms with Crippen molar-refractivity contribution in [3.05, 3.63) is 65.7 Å². The molecule has 0 unspecified atom stereocenters. The van der Waals surface area contributed by atoms with Crippen molar-refractivity contribution in [2.45, 2.75) is 0 Å². The Hall–Kier alpha value is -2.86. The molecule has 1 heterocycles. The summed E-state index contributed by atoms with van der Waals surface area (Å²) in [7, 11) is 1.54. The third-order valence-corrected chi connectivity index (χ3v) is 3.52. The lowest BCUT2D eigenvalue weighted by molar-refractivity contribution is 0.102. The molecule has 7 heteroatoms. The summed E-state index contributed by atoms with van der Waals surface area (Å²) >= 11 is 6.04. The average molecular weight is 329 g/mol. The number of halogens is 1. The standard InChI is InChI=1S/C16H13ClN4O2/c1-23-15-7-4-12(8-14(15)17)20-16(22)11-2-5-13(6-3-11)21-10-18-9-19-21/h2-10H,1H3,(H,20,22). The van der Waals surface area contributed by atoms with Crippen molar-refractivity contribution in [3.63, 3.8) is 0 Å². The molecule has 23 heavy (non-hydrogen) atoms. The van der Waals surface area contributed by atoms with Crippen molar-refractivity contribution in [1.29, 1.82) is 0 Å². The molecule has 2 aromatic carbocycles. The van der Waals surface area contributed by atoms with E-state index in [0.717, 1.165) is 5.69 Å².